The van der Waals surface area contributed by atoms with E-state index in [0.29, 0.717) is 42.2 Å². The second kappa shape index (κ2) is 7.66. The fourth-order valence-corrected chi connectivity index (χ4v) is 3.10. The van der Waals surface area contributed by atoms with E-state index in [1.165, 1.54) is 12.1 Å². The number of nitrogens with zero attached hydrogens (tertiary/aromatic N) is 1. The fraction of sp³-hybridized carbons (Fsp3) is 0.263. The average molecular weight is 361 g/mol. The molecule has 0 aliphatic carbocycles. The third kappa shape index (κ3) is 4.17. The Morgan fingerprint density at radius 2 is 2.08 bits per heavy atom. The number of carbonyl (C=O) groups is 2. The number of amides is 2. The highest BCUT2D eigenvalue weighted by Gasteiger charge is 2.24. The van der Waals surface area contributed by atoms with Crippen LogP contribution in [0.25, 0.3) is 0 Å². The lowest BCUT2D eigenvalue weighted by atomic mass is 10.1. The van der Waals surface area contributed by atoms with Gasteiger partial charge < -0.3 is 10.2 Å². The van der Waals surface area contributed by atoms with Gasteiger partial charge in [-0.1, -0.05) is 23.7 Å². The third-order valence-electron chi connectivity index (χ3n) is 4.16. The normalized spacial score (nSPS) is 14.0. The maximum Gasteiger partial charge on any atom is 0.251 e. The van der Waals surface area contributed by atoms with Crippen LogP contribution in [-0.2, 0) is 11.2 Å². The van der Waals surface area contributed by atoms with Crippen LogP contribution in [0.1, 0.15) is 28.8 Å². The number of benzene rings is 2. The minimum Gasteiger partial charge on any atom is -0.352 e. The molecule has 0 spiro atoms. The quantitative estimate of drug-likeness (QED) is 0.886. The van der Waals surface area contributed by atoms with Gasteiger partial charge >= 0.3 is 0 Å². The van der Waals surface area contributed by atoms with E-state index in [9.17, 15) is 14.0 Å². The van der Waals surface area contributed by atoms with E-state index in [-0.39, 0.29) is 17.6 Å². The molecule has 25 heavy (non-hydrogen) atoms. The lowest BCUT2D eigenvalue weighted by Gasteiger charge is -2.18. The largest absolute Gasteiger partial charge is 0.352 e. The molecule has 6 heteroatoms. The van der Waals surface area contributed by atoms with Crippen LogP contribution in [0.4, 0.5) is 10.1 Å². The van der Waals surface area contributed by atoms with Crippen LogP contribution in [0, 0.1) is 5.82 Å². The highest BCUT2D eigenvalue weighted by Crippen LogP contribution is 2.30. The average Bonchev–Trinajstić information content (AvgIpc) is 3.01. The summed E-state index contributed by atoms with van der Waals surface area (Å²) in [5, 5.41) is 3.26. The molecule has 1 aliphatic rings. The molecule has 2 amide bonds. The Kier molecular flexibility index (Phi) is 5.34. The molecule has 2 aromatic rings. The highest BCUT2D eigenvalue weighted by atomic mass is 35.5. The van der Waals surface area contributed by atoms with Gasteiger partial charge in [0, 0.05) is 25.1 Å². The molecule has 1 aliphatic heterocycles. The predicted octanol–water partition coefficient (Wildman–Crippen LogP) is 3.58. The summed E-state index contributed by atoms with van der Waals surface area (Å²) in [6.07, 6.45) is 1.83. The molecule has 1 N–H and O–H groups in total. The van der Waals surface area contributed by atoms with Crippen LogP contribution < -0.4 is 10.2 Å². The van der Waals surface area contributed by atoms with Gasteiger partial charge in [-0.2, -0.15) is 0 Å². The van der Waals surface area contributed by atoms with Gasteiger partial charge in [-0.3, -0.25) is 9.59 Å². The van der Waals surface area contributed by atoms with Crippen molar-refractivity contribution in [3.8, 4) is 0 Å². The number of hydrogen-bond acceptors (Lipinski definition) is 2. The Hall–Kier alpha value is -2.40. The minimum atomic E-state index is -0.290. The lowest BCUT2D eigenvalue weighted by Crippen LogP contribution is -2.27. The highest BCUT2D eigenvalue weighted by molar-refractivity contribution is 6.34. The Morgan fingerprint density at radius 3 is 2.80 bits per heavy atom. The molecule has 130 valence electrons. The summed E-state index contributed by atoms with van der Waals surface area (Å²) in [4.78, 5) is 25.8. The van der Waals surface area contributed by atoms with Crippen LogP contribution in [0.15, 0.2) is 42.5 Å². The summed E-state index contributed by atoms with van der Waals surface area (Å²) in [7, 11) is 0. The van der Waals surface area contributed by atoms with Crippen LogP contribution in [0.3, 0.4) is 0 Å². The van der Waals surface area contributed by atoms with E-state index < -0.39 is 0 Å². The van der Waals surface area contributed by atoms with Crippen molar-refractivity contribution < 1.29 is 14.0 Å². The first-order valence-electron chi connectivity index (χ1n) is 8.17. The molecule has 0 aromatic heterocycles. The summed E-state index contributed by atoms with van der Waals surface area (Å²) in [5.74, 6) is -0.520. The van der Waals surface area contributed by atoms with Gasteiger partial charge in [-0.15, -0.1) is 0 Å². The fourth-order valence-electron chi connectivity index (χ4n) is 2.88. The predicted molar refractivity (Wildman–Crippen MR) is 95.5 cm³/mol. The SMILES string of the molecule is O=C(NCCc1cccc(F)c1)c1ccc(Cl)c(N2CCCC2=O)c1. The zero-order valence-electron chi connectivity index (χ0n) is 13.6. The van der Waals surface area contributed by atoms with Crippen molar-refractivity contribution in [1.29, 1.82) is 0 Å². The third-order valence-corrected chi connectivity index (χ3v) is 4.48. The molecule has 1 fully saturated rings. The van der Waals surface area contributed by atoms with Crippen LogP contribution >= 0.6 is 11.6 Å². The van der Waals surface area contributed by atoms with Crippen molar-refractivity contribution in [1.82, 2.24) is 5.32 Å². The van der Waals surface area contributed by atoms with Gasteiger partial charge in [0.2, 0.25) is 5.91 Å². The molecule has 1 heterocycles. The van der Waals surface area contributed by atoms with Crippen molar-refractivity contribution in [3.63, 3.8) is 0 Å². The Bertz CT molecular complexity index is 810. The first-order valence-corrected chi connectivity index (χ1v) is 8.55. The first-order chi connectivity index (χ1) is 12.0. The minimum absolute atomic E-state index is 0.0190. The Balaban J connectivity index is 1.65. The molecular weight excluding hydrogens is 343 g/mol. The van der Waals surface area contributed by atoms with E-state index >= 15 is 0 Å². The molecule has 0 saturated carbocycles. The first kappa shape index (κ1) is 17.4. The van der Waals surface area contributed by atoms with Gasteiger partial charge in [0.1, 0.15) is 5.82 Å². The summed E-state index contributed by atoms with van der Waals surface area (Å²) >= 11 is 6.18. The zero-order valence-corrected chi connectivity index (χ0v) is 14.4. The molecule has 1 saturated heterocycles. The number of anilines is 1. The smallest absolute Gasteiger partial charge is 0.251 e. The van der Waals surface area contributed by atoms with Crippen molar-refractivity contribution in [2.45, 2.75) is 19.3 Å². The van der Waals surface area contributed by atoms with E-state index in [0.717, 1.165) is 12.0 Å². The monoisotopic (exact) mass is 360 g/mol. The van der Waals surface area contributed by atoms with Crippen molar-refractivity contribution in [2.75, 3.05) is 18.0 Å². The summed E-state index contributed by atoms with van der Waals surface area (Å²) in [6.45, 7) is 1.01. The van der Waals surface area contributed by atoms with Crippen molar-refractivity contribution in [2.24, 2.45) is 0 Å². The molecule has 0 atom stereocenters. The molecule has 4 nitrogen and oxygen atoms in total. The molecule has 0 bridgehead atoms. The van der Waals surface area contributed by atoms with Crippen LogP contribution in [-0.4, -0.2) is 24.9 Å². The van der Waals surface area contributed by atoms with Gasteiger partial charge in [0.25, 0.3) is 5.91 Å². The van der Waals surface area contributed by atoms with Crippen molar-refractivity contribution in [3.05, 3.63) is 64.4 Å². The number of nitrogens with one attached hydrogen (secondary N) is 1. The van der Waals surface area contributed by atoms with Crippen molar-refractivity contribution >= 4 is 29.1 Å². The maximum absolute atomic E-state index is 13.1. The molecule has 0 radical (unpaired) electrons. The number of hydrogen-bond donors (Lipinski definition) is 1. The number of halogens is 2. The molecule has 3 rings (SSSR count). The molecule has 0 unspecified atom stereocenters. The molecular formula is C19H18ClFN2O2. The second-order valence-electron chi connectivity index (χ2n) is 5.95. The maximum atomic E-state index is 13.1. The number of carbonyl (C=O) groups excluding carboxylic acids is 2. The number of rotatable bonds is 5. The van der Waals surface area contributed by atoms with Gasteiger partial charge in [0.05, 0.1) is 10.7 Å². The van der Waals surface area contributed by atoms with Crippen LogP contribution in [0.5, 0.6) is 0 Å². The summed E-state index contributed by atoms with van der Waals surface area (Å²) in [6, 6.07) is 11.2. The standard InChI is InChI=1S/C19H18ClFN2O2/c20-16-7-6-14(12-17(16)23-10-2-5-18(23)24)19(25)22-9-8-13-3-1-4-15(21)11-13/h1,3-4,6-7,11-12H,2,5,8-10H2,(H,22,25). The Morgan fingerprint density at radius 1 is 1.24 bits per heavy atom. The summed E-state index contributed by atoms with van der Waals surface area (Å²) < 4.78 is 13.1. The lowest BCUT2D eigenvalue weighted by molar-refractivity contribution is -0.117. The molecule has 2 aromatic carbocycles. The van der Waals surface area contributed by atoms with E-state index in [1.54, 1.807) is 29.2 Å². The van der Waals surface area contributed by atoms with Gasteiger partial charge in [-0.25, -0.2) is 4.39 Å². The Labute approximate surface area is 150 Å². The van der Waals surface area contributed by atoms with Gasteiger partial charge in [-0.05, 0) is 48.7 Å². The van der Waals surface area contributed by atoms with E-state index in [4.69, 9.17) is 11.6 Å². The van der Waals surface area contributed by atoms with Crippen LogP contribution in [0.2, 0.25) is 5.02 Å². The zero-order chi connectivity index (χ0) is 17.8. The second-order valence-corrected chi connectivity index (χ2v) is 6.36. The van der Waals surface area contributed by atoms with E-state index in [1.807, 2.05) is 6.07 Å². The van der Waals surface area contributed by atoms with Gasteiger partial charge in [0.15, 0.2) is 0 Å². The topological polar surface area (TPSA) is 49.4 Å². The van der Waals surface area contributed by atoms with E-state index in [2.05, 4.69) is 5.32 Å². The summed E-state index contributed by atoms with van der Waals surface area (Å²) in [5.41, 5.74) is 1.83.